The Labute approximate surface area is 170 Å². The van der Waals surface area contributed by atoms with Gasteiger partial charge in [0, 0.05) is 41.4 Å². The molecule has 1 saturated heterocycles. The van der Waals surface area contributed by atoms with Gasteiger partial charge in [0.25, 0.3) is 11.8 Å². The fourth-order valence-corrected chi connectivity index (χ4v) is 4.19. The molecular weight excluding hydrogens is 364 g/mol. The van der Waals surface area contributed by atoms with Crippen molar-refractivity contribution in [3.63, 3.8) is 0 Å². The first kappa shape index (κ1) is 19.2. The van der Waals surface area contributed by atoms with Crippen LogP contribution >= 0.6 is 0 Å². The van der Waals surface area contributed by atoms with Gasteiger partial charge in [0.1, 0.15) is 5.69 Å². The number of amides is 2. The number of nitrogens with two attached hydrogens (primary N) is 1. The normalized spacial score (nSPS) is 16.4. The number of rotatable bonds is 7. The van der Waals surface area contributed by atoms with Crippen molar-refractivity contribution in [1.82, 2.24) is 14.9 Å². The van der Waals surface area contributed by atoms with Crippen molar-refractivity contribution in [1.29, 1.82) is 0 Å². The van der Waals surface area contributed by atoms with Crippen molar-refractivity contribution in [2.24, 2.45) is 11.7 Å². The lowest BCUT2D eigenvalue weighted by Crippen LogP contribution is -2.28. The van der Waals surface area contributed by atoms with Crippen LogP contribution in [0.1, 0.15) is 52.2 Å². The molecule has 4 rings (SSSR count). The first-order chi connectivity index (χ1) is 14.1. The number of aryl methyl sites for hydroxylation is 1. The molecule has 1 atom stereocenters. The highest BCUT2D eigenvalue weighted by Crippen LogP contribution is 2.25. The summed E-state index contributed by atoms with van der Waals surface area (Å²) in [5.41, 5.74) is 8.46. The number of nitrogens with zero attached hydrogens (tertiary/aromatic N) is 2. The van der Waals surface area contributed by atoms with E-state index in [-0.39, 0.29) is 5.91 Å². The van der Waals surface area contributed by atoms with E-state index >= 15 is 0 Å². The lowest BCUT2D eigenvalue weighted by molar-refractivity contribution is 0.0786. The van der Waals surface area contributed by atoms with Crippen LogP contribution in [0.3, 0.4) is 0 Å². The molecule has 0 bridgehead atoms. The van der Waals surface area contributed by atoms with Crippen molar-refractivity contribution >= 4 is 22.7 Å². The van der Waals surface area contributed by atoms with E-state index in [4.69, 9.17) is 5.73 Å². The molecular formula is C23H26N4O2. The molecule has 0 aliphatic carbocycles. The van der Waals surface area contributed by atoms with Crippen LogP contribution in [0.2, 0.25) is 0 Å². The van der Waals surface area contributed by atoms with Gasteiger partial charge in [-0.05, 0) is 55.9 Å². The molecule has 6 heteroatoms. The molecule has 150 valence electrons. The average Bonchev–Trinajstić information content (AvgIpc) is 3.39. The van der Waals surface area contributed by atoms with Crippen LogP contribution in [-0.2, 0) is 6.42 Å². The number of hydrogen-bond acceptors (Lipinski definition) is 3. The third-order valence-electron chi connectivity index (χ3n) is 5.77. The van der Waals surface area contributed by atoms with Crippen molar-refractivity contribution in [2.75, 3.05) is 13.1 Å². The monoisotopic (exact) mass is 390 g/mol. The van der Waals surface area contributed by atoms with E-state index in [0.29, 0.717) is 11.6 Å². The van der Waals surface area contributed by atoms with Crippen LogP contribution < -0.4 is 5.73 Å². The highest BCUT2D eigenvalue weighted by molar-refractivity contribution is 5.97. The van der Waals surface area contributed by atoms with Gasteiger partial charge in [-0.25, -0.2) is 0 Å². The fraction of sp³-hybridized carbons (Fsp3) is 0.348. The van der Waals surface area contributed by atoms with Crippen molar-refractivity contribution in [3.8, 4) is 0 Å². The van der Waals surface area contributed by atoms with Gasteiger partial charge in [-0.2, -0.15) is 0 Å². The lowest BCUT2D eigenvalue weighted by atomic mass is 9.99. The van der Waals surface area contributed by atoms with Crippen molar-refractivity contribution in [2.45, 2.75) is 32.1 Å². The molecule has 3 N–H and O–H groups in total. The molecule has 1 aromatic carbocycles. The Bertz CT molecular complexity index is 1010. The number of pyridine rings is 1. The first-order valence-electron chi connectivity index (χ1n) is 10.2. The molecule has 0 spiro atoms. The Kier molecular flexibility index (Phi) is 5.60. The second kappa shape index (κ2) is 8.47. The Balaban J connectivity index is 1.27. The molecule has 29 heavy (non-hydrogen) atoms. The number of nitrogens with one attached hydrogen (secondary N) is 1. The number of aromatic amines is 1. The summed E-state index contributed by atoms with van der Waals surface area (Å²) in [6, 6.07) is 13.2. The second-order valence-electron chi connectivity index (χ2n) is 7.78. The number of hydrogen-bond donors (Lipinski definition) is 2. The molecule has 3 heterocycles. The summed E-state index contributed by atoms with van der Waals surface area (Å²) in [5.74, 6) is 0.254. The van der Waals surface area contributed by atoms with E-state index in [0.717, 1.165) is 67.4 Å². The van der Waals surface area contributed by atoms with E-state index < -0.39 is 5.91 Å². The topological polar surface area (TPSA) is 92.1 Å². The second-order valence-corrected chi connectivity index (χ2v) is 7.78. The van der Waals surface area contributed by atoms with Gasteiger partial charge in [-0.15, -0.1) is 0 Å². The predicted octanol–water partition coefficient (Wildman–Crippen LogP) is 3.54. The van der Waals surface area contributed by atoms with Gasteiger partial charge in [0.15, 0.2) is 0 Å². The minimum absolute atomic E-state index is 0.140. The zero-order valence-corrected chi connectivity index (χ0v) is 16.4. The molecule has 0 radical (unpaired) electrons. The number of primary amides is 1. The van der Waals surface area contributed by atoms with E-state index in [1.165, 1.54) is 0 Å². The minimum atomic E-state index is -0.456. The molecule has 3 aromatic rings. The smallest absolute Gasteiger partial charge is 0.265 e. The van der Waals surface area contributed by atoms with Crippen LogP contribution in [-0.4, -0.2) is 39.8 Å². The van der Waals surface area contributed by atoms with Gasteiger partial charge < -0.3 is 15.6 Å². The summed E-state index contributed by atoms with van der Waals surface area (Å²) < 4.78 is 0. The number of H-pyrrole nitrogens is 1. The number of likely N-dealkylation sites (tertiary alicyclic amines) is 1. The third-order valence-corrected chi connectivity index (χ3v) is 5.77. The number of aromatic nitrogens is 2. The summed E-state index contributed by atoms with van der Waals surface area (Å²) >= 11 is 0. The first-order valence-corrected chi connectivity index (χ1v) is 10.2. The number of carbonyl (C=O) groups excluding carboxylic acids is 2. The molecule has 1 aliphatic rings. The Morgan fingerprint density at radius 1 is 1.17 bits per heavy atom. The molecule has 1 unspecified atom stereocenters. The summed E-state index contributed by atoms with van der Waals surface area (Å²) in [6.07, 6.45) is 6.96. The molecule has 1 fully saturated rings. The summed E-state index contributed by atoms with van der Waals surface area (Å²) in [7, 11) is 0. The zero-order valence-electron chi connectivity index (χ0n) is 16.4. The van der Waals surface area contributed by atoms with Gasteiger partial charge in [-0.3, -0.25) is 14.6 Å². The maximum absolute atomic E-state index is 12.6. The highest BCUT2D eigenvalue weighted by Gasteiger charge is 2.26. The molecule has 6 nitrogen and oxygen atoms in total. The Hall–Kier alpha value is -3.15. The van der Waals surface area contributed by atoms with E-state index in [1.54, 1.807) is 12.3 Å². The van der Waals surface area contributed by atoms with Gasteiger partial charge >= 0.3 is 0 Å². The van der Waals surface area contributed by atoms with Crippen LogP contribution in [0.25, 0.3) is 10.9 Å². The highest BCUT2D eigenvalue weighted by atomic mass is 16.2. The number of fused-ring (bicyclic) bond motifs is 1. The molecule has 2 amide bonds. The molecule has 2 aromatic heterocycles. The van der Waals surface area contributed by atoms with Crippen molar-refractivity contribution in [3.05, 3.63) is 65.6 Å². The SMILES string of the molecule is NC(=O)c1cc2c(CCCCC3CCN(C(=O)c4ccccc4)C3)nccc2[nH]1. The zero-order chi connectivity index (χ0) is 20.2. The average molecular weight is 390 g/mol. The molecule has 0 saturated carbocycles. The van der Waals surface area contributed by atoms with E-state index in [2.05, 4.69) is 9.97 Å². The summed E-state index contributed by atoms with van der Waals surface area (Å²) in [6.45, 7) is 1.69. The maximum Gasteiger partial charge on any atom is 0.265 e. The van der Waals surface area contributed by atoms with Crippen LogP contribution in [0.15, 0.2) is 48.7 Å². The summed E-state index contributed by atoms with van der Waals surface area (Å²) in [4.78, 5) is 33.5. The summed E-state index contributed by atoms with van der Waals surface area (Å²) in [5, 5.41) is 0.974. The fourth-order valence-electron chi connectivity index (χ4n) is 4.19. The quantitative estimate of drug-likeness (QED) is 0.605. The minimum Gasteiger partial charge on any atom is -0.364 e. The van der Waals surface area contributed by atoms with Crippen molar-refractivity contribution < 1.29 is 9.59 Å². The van der Waals surface area contributed by atoms with Gasteiger partial charge in [-0.1, -0.05) is 24.6 Å². The van der Waals surface area contributed by atoms with Crippen LogP contribution in [0.5, 0.6) is 0 Å². The lowest BCUT2D eigenvalue weighted by Gasteiger charge is -2.16. The largest absolute Gasteiger partial charge is 0.364 e. The Morgan fingerprint density at radius 2 is 2.00 bits per heavy atom. The third kappa shape index (κ3) is 4.31. The molecule has 1 aliphatic heterocycles. The maximum atomic E-state index is 12.6. The Morgan fingerprint density at radius 3 is 2.79 bits per heavy atom. The number of carbonyl (C=O) groups is 2. The standard InChI is InChI=1S/C23H26N4O2/c24-22(28)21-14-18-19(25-12-10-20(18)26-21)9-5-4-6-16-11-13-27(15-16)23(29)17-7-2-1-3-8-17/h1-3,7-8,10,12,14,16,26H,4-6,9,11,13,15H2,(H2,24,28). The number of benzene rings is 1. The predicted molar refractivity (Wildman–Crippen MR) is 113 cm³/mol. The number of unbranched alkanes of at least 4 members (excludes halogenated alkanes) is 1. The van der Waals surface area contributed by atoms with Gasteiger partial charge in [0.05, 0.1) is 0 Å². The van der Waals surface area contributed by atoms with Gasteiger partial charge in [0.2, 0.25) is 0 Å². The van der Waals surface area contributed by atoms with E-state index in [9.17, 15) is 9.59 Å². The van der Waals surface area contributed by atoms with Crippen LogP contribution in [0, 0.1) is 5.92 Å². The van der Waals surface area contributed by atoms with Crippen LogP contribution in [0.4, 0.5) is 0 Å². The van der Waals surface area contributed by atoms with E-state index in [1.807, 2.05) is 41.3 Å².